The Labute approximate surface area is 131 Å². The minimum Gasteiger partial charge on any atom is -0.463 e. The Morgan fingerprint density at radius 2 is 2.09 bits per heavy atom. The Balaban J connectivity index is 1.35. The van der Waals surface area contributed by atoms with Gasteiger partial charge in [0, 0.05) is 19.3 Å². The van der Waals surface area contributed by atoms with Crippen molar-refractivity contribution in [1.82, 2.24) is 10.3 Å². The fourth-order valence-electron chi connectivity index (χ4n) is 2.29. The second-order valence-corrected chi connectivity index (χ2v) is 6.00. The van der Waals surface area contributed by atoms with Crippen molar-refractivity contribution in [2.24, 2.45) is 0 Å². The minimum absolute atomic E-state index is 0.306. The summed E-state index contributed by atoms with van der Waals surface area (Å²) in [6, 6.07) is 9.81. The summed E-state index contributed by atoms with van der Waals surface area (Å²) in [5.74, 6) is 2.49. The van der Waals surface area contributed by atoms with E-state index in [1.165, 1.54) is 0 Å². The van der Waals surface area contributed by atoms with Gasteiger partial charge in [-0.2, -0.15) is 0 Å². The van der Waals surface area contributed by atoms with E-state index in [0.29, 0.717) is 6.79 Å². The van der Waals surface area contributed by atoms with Crippen molar-refractivity contribution in [3.8, 4) is 22.1 Å². The maximum absolute atomic E-state index is 5.38. The topological polar surface area (TPSA) is 56.5 Å². The monoisotopic (exact) mass is 314 g/mol. The highest BCUT2D eigenvalue weighted by atomic mass is 32.1. The third-order valence-electron chi connectivity index (χ3n) is 3.36. The molecule has 0 radical (unpaired) electrons. The van der Waals surface area contributed by atoms with Crippen LogP contribution in [0.2, 0.25) is 0 Å². The molecule has 0 saturated heterocycles. The molecule has 0 aliphatic carbocycles. The first-order valence-electron chi connectivity index (χ1n) is 6.96. The van der Waals surface area contributed by atoms with Crippen LogP contribution < -0.4 is 14.8 Å². The predicted molar refractivity (Wildman–Crippen MR) is 82.9 cm³/mol. The number of thiazole rings is 1. The molecule has 0 fully saturated rings. The highest BCUT2D eigenvalue weighted by molar-refractivity contribution is 7.15. The normalized spacial score (nSPS) is 12.7. The van der Waals surface area contributed by atoms with Gasteiger partial charge in [-0.1, -0.05) is 6.07 Å². The van der Waals surface area contributed by atoms with Gasteiger partial charge in [-0.3, -0.25) is 0 Å². The van der Waals surface area contributed by atoms with Gasteiger partial charge in [-0.05, 0) is 29.8 Å². The molecule has 4 rings (SSSR count). The van der Waals surface area contributed by atoms with Crippen LogP contribution in [0.3, 0.4) is 0 Å². The zero-order chi connectivity index (χ0) is 14.8. The van der Waals surface area contributed by atoms with Crippen molar-refractivity contribution in [1.29, 1.82) is 0 Å². The first-order valence-corrected chi connectivity index (χ1v) is 7.78. The van der Waals surface area contributed by atoms with Crippen molar-refractivity contribution in [2.75, 3.05) is 6.79 Å². The van der Waals surface area contributed by atoms with Crippen LogP contribution in [0.1, 0.15) is 10.6 Å². The third kappa shape index (κ3) is 2.70. The number of ether oxygens (including phenoxy) is 2. The van der Waals surface area contributed by atoms with Crippen LogP contribution in [-0.4, -0.2) is 11.8 Å². The Morgan fingerprint density at radius 3 is 3.00 bits per heavy atom. The van der Waals surface area contributed by atoms with Gasteiger partial charge in [0.2, 0.25) is 6.79 Å². The number of hydrogen-bond acceptors (Lipinski definition) is 6. The van der Waals surface area contributed by atoms with E-state index in [0.717, 1.165) is 45.8 Å². The summed E-state index contributed by atoms with van der Waals surface area (Å²) < 4.78 is 16.1. The maximum Gasteiger partial charge on any atom is 0.231 e. The lowest BCUT2D eigenvalue weighted by atomic mass is 10.2. The predicted octanol–water partition coefficient (Wildman–Crippen LogP) is 3.42. The zero-order valence-corrected chi connectivity index (χ0v) is 12.6. The second kappa shape index (κ2) is 5.82. The number of aromatic nitrogens is 1. The molecule has 2 aromatic heterocycles. The van der Waals surface area contributed by atoms with Crippen LogP contribution in [-0.2, 0) is 13.1 Å². The van der Waals surface area contributed by atoms with Crippen LogP contribution in [0.5, 0.6) is 11.5 Å². The highest BCUT2D eigenvalue weighted by Gasteiger charge is 2.13. The number of furan rings is 1. The molecule has 0 spiro atoms. The second-order valence-electron chi connectivity index (χ2n) is 4.89. The Hall–Kier alpha value is -2.31. The van der Waals surface area contributed by atoms with E-state index >= 15 is 0 Å². The van der Waals surface area contributed by atoms with Crippen molar-refractivity contribution >= 4 is 11.3 Å². The molecule has 0 bridgehead atoms. The van der Waals surface area contributed by atoms with Gasteiger partial charge in [0.1, 0.15) is 10.8 Å². The molecule has 0 saturated carbocycles. The zero-order valence-electron chi connectivity index (χ0n) is 11.7. The summed E-state index contributed by atoms with van der Waals surface area (Å²) >= 11 is 1.63. The molecule has 1 aliphatic rings. The molecule has 112 valence electrons. The number of hydrogen-bond donors (Lipinski definition) is 1. The van der Waals surface area contributed by atoms with Gasteiger partial charge in [0.05, 0.1) is 11.1 Å². The van der Waals surface area contributed by atoms with E-state index in [2.05, 4.69) is 10.3 Å². The molecular formula is C16H14N2O3S. The number of fused-ring (bicyclic) bond motifs is 1. The lowest BCUT2D eigenvalue weighted by Crippen LogP contribution is -2.12. The van der Waals surface area contributed by atoms with Crippen molar-refractivity contribution in [3.05, 3.63) is 53.4 Å². The third-order valence-corrected chi connectivity index (χ3v) is 4.37. The van der Waals surface area contributed by atoms with Crippen LogP contribution in [0.15, 0.2) is 47.2 Å². The lowest BCUT2D eigenvalue weighted by Gasteiger charge is -2.04. The molecule has 6 heteroatoms. The van der Waals surface area contributed by atoms with E-state index in [4.69, 9.17) is 13.9 Å². The molecule has 22 heavy (non-hydrogen) atoms. The number of nitrogens with one attached hydrogen (secondary N) is 1. The largest absolute Gasteiger partial charge is 0.463 e. The molecule has 0 atom stereocenters. The van der Waals surface area contributed by atoms with E-state index in [1.54, 1.807) is 17.6 Å². The van der Waals surface area contributed by atoms with Gasteiger partial charge in [-0.15, -0.1) is 11.3 Å². The Bertz CT molecular complexity index is 768. The Morgan fingerprint density at radius 1 is 1.14 bits per heavy atom. The first kappa shape index (κ1) is 13.4. The van der Waals surface area contributed by atoms with Crippen molar-refractivity contribution in [2.45, 2.75) is 13.1 Å². The number of nitrogens with zero attached hydrogens (tertiary/aromatic N) is 1. The van der Waals surface area contributed by atoms with E-state index in [1.807, 2.05) is 36.5 Å². The molecule has 0 unspecified atom stereocenters. The van der Waals surface area contributed by atoms with Crippen LogP contribution in [0, 0.1) is 0 Å². The smallest absolute Gasteiger partial charge is 0.231 e. The molecule has 0 amide bonds. The average Bonchev–Trinajstić information content (AvgIpc) is 3.28. The Kier molecular flexibility index (Phi) is 3.54. The summed E-state index contributed by atoms with van der Waals surface area (Å²) in [6.45, 7) is 1.78. The van der Waals surface area contributed by atoms with Gasteiger partial charge in [-0.25, -0.2) is 4.98 Å². The SMILES string of the molecule is c1coc(-c2cnc(CNCc3ccc4c(c3)OCO4)s2)c1. The van der Waals surface area contributed by atoms with E-state index in [-0.39, 0.29) is 0 Å². The van der Waals surface area contributed by atoms with Gasteiger partial charge in [0.25, 0.3) is 0 Å². The fraction of sp³-hybridized carbons (Fsp3) is 0.188. The average molecular weight is 314 g/mol. The first-order chi connectivity index (χ1) is 10.9. The van der Waals surface area contributed by atoms with Crippen molar-refractivity contribution in [3.63, 3.8) is 0 Å². The van der Waals surface area contributed by atoms with Crippen LogP contribution >= 0.6 is 11.3 Å². The molecular weight excluding hydrogens is 300 g/mol. The summed E-state index contributed by atoms with van der Waals surface area (Å²) in [5, 5.41) is 4.42. The quantitative estimate of drug-likeness (QED) is 0.782. The van der Waals surface area contributed by atoms with E-state index < -0.39 is 0 Å². The molecule has 5 nitrogen and oxygen atoms in total. The maximum atomic E-state index is 5.38. The number of rotatable bonds is 5. The lowest BCUT2D eigenvalue weighted by molar-refractivity contribution is 0.174. The summed E-state index contributed by atoms with van der Waals surface area (Å²) in [4.78, 5) is 5.46. The summed E-state index contributed by atoms with van der Waals surface area (Å²) in [7, 11) is 0. The van der Waals surface area contributed by atoms with E-state index in [9.17, 15) is 0 Å². The summed E-state index contributed by atoms with van der Waals surface area (Å²) in [6.07, 6.45) is 3.52. The molecule has 1 aliphatic heterocycles. The highest BCUT2D eigenvalue weighted by Crippen LogP contribution is 2.32. The van der Waals surface area contributed by atoms with Gasteiger partial charge < -0.3 is 19.2 Å². The fourth-order valence-corrected chi connectivity index (χ4v) is 3.14. The standard InChI is InChI=1S/C16H14N2O3S/c1-2-13(19-5-1)15-8-18-16(22-15)9-17-7-11-3-4-12-14(6-11)21-10-20-12/h1-6,8,17H,7,9-10H2. The molecule has 1 N–H and O–H groups in total. The molecule has 3 heterocycles. The number of benzene rings is 1. The van der Waals surface area contributed by atoms with Gasteiger partial charge >= 0.3 is 0 Å². The van der Waals surface area contributed by atoms with Crippen molar-refractivity contribution < 1.29 is 13.9 Å². The minimum atomic E-state index is 0.306. The molecule has 1 aromatic carbocycles. The van der Waals surface area contributed by atoms with Gasteiger partial charge in [0.15, 0.2) is 11.5 Å². The summed E-state index contributed by atoms with van der Waals surface area (Å²) in [5.41, 5.74) is 1.16. The van der Waals surface area contributed by atoms with Crippen LogP contribution in [0.4, 0.5) is 0 Å². The van der Waals surface area contributed by atoms with Crippen LogP contribution in [0.25, 0.3) is 10.6 Å². The molecule has 3 aromatic rings.